The highest BCUT2D eigenvalue weighted by Crippen LogP contribution is 2.29. The van der Waals surface area contributed by atoms with E-state index in [0.717, 1.165) is 11.3 Å². The van der Waals surface area contributed by atoms with E-state index in [9.17, 15) is 0 Å². The van der Waals surface area contributed by atoms with Gasteiger partial charge in [-0.2, -0.15) is 0 Å². The van der Waals surface area contributed by atoms with Crippen LogP contribution in [-0.4, -0.2) is 26.4 Å². The molecule has 1 aromatic rings. The fourth-order valence-corrected chi connectivity index (χ4v) is 1.57. The molecule has 0 unspecified atom stereocenters. The number of rotatable bonds is 5. The van der Waals surface area contributed by atoms with Gasteiger partial charge in [-0.05, 0) is 30.4 Å². The van der Waals surface area contributed by atoms with Crippen LogP contribution >= 0.6 is 12.2 Å². The molecule has 0 spiro atoms. The van der Waals surface area contributed by atoms with Crippen LogP contribution in [0.5, 0.6) is 5.75 Å². The van der Waals surface area contributed by atoms with E-state index in [1.54, 1.807) is 39.5 Å². The third kappa shape index (κ3) is 3.55. The van der Waals surface area contributed by atoms with Crippen molar-refractivity contribution in [1.29, 1.82) is 0 Å². The second-order valence-electron chi connectivity index (χ2n) is 3.25. The van der Waals surface area contributed by atoms with Gasteiger partial charge in [0.1, 0.15) is 5.75 Å². The van der Waals surface area contributed by atoms with Gasteiger partial charge >= 0.3 is 0 Å². The van der Waals surface area contributed by atoms with E-state index in [2.05, 4.69) is 5.32 Å². The number of benzene rings is 1. The lowest BCUT2D eigenvalue weighted by atomic mass is 10.1. The Morgan fingerprint density at radius 1 is 1.29 bits per heavy atom. The SMILES string of the molecule is COc1ccc(NC(N)=S)c(C(OC)OC)c1. The van der Waals surface area contributed by atoms with E-state index >= 15 is 0 Å². The lowest BCUT2D eigenvalue weighted by Gasteiger charge is -2.19. The number of hydrogen-bond acceptors (Lipinski definition) is 4. The molecule has 3 N–H and O–H groups in total. The third-order valence-corrected chi connectivity index (χ3v) is 2.30. The Bertz CT molecular complexity index is 394. The molecule has 94 valence electrons. The average molecular weight is 256 g/mol. The molecule has 0 aliphatic carbocycles. The largest absolute Gasteiger partial charge is 0.497 e. The van der Waals surface area contributed by atoms with Crippen molar-refractivity contribution in [3.05, 3.63) is 23.8 Å². The van der Waals surface area contributed by atoms with Crippen LogP contribution in [0.4, 0.5) is 5.69 Å². The Morgan fingerprint density at radius 3 is 2.41 bits per heavy atom. The van der Waals surface area contributed by atoms with Gasteiger partial charge < -0.3 is 25.3 Å². The van der Waals surface area contributed by atoms with Gasteiger partial charge in [0.15, 0.2) is 11.4 Å². The van der Waals surface area contributed by atoms with Crippen molar-refractivity contribution in [2.45, 2.75) is 6.29 Å². The molecule has 0 fully saturated rings. The number of nitrogens with two attached hydrogens (primary N) is 1. The molecule has 0 aromatic heterocycles. The zero-order valence-electron chi connectivity index (χ0n) is 10.0. The quantitative estimate of drug-likeness (QED) is 0.617. The average Bonchev–Trinajstić information content (AvgIpc) is 2.32. The standard InChI is InChI=1S/C11H16N2O3S/c1-14-7-4-5-9(13-11(12)17)8(6-7)10(15-2)16-3/h4-6,10H,1-3H3,(H3,12,13,17). The summed E-state index contributed by atoms with van der Waals surface area (Å²) in [7, 11) is 4.70. The summed E-state index contributed by atoms with van der Waals surface area (Å²) in [6.45, 7) is 0. The monoisotopic (exact) mass is 256 g/mol. The van der Waals surface area contributed by atoms with Crippen molar-refractivity contribution in [2.24, 2.45) is 5.73 Å². The van der Waals surface area contributed by atoms with Gasteiger partial charge in [-0.15, -0.1) is 0 Å². The van der Waals surface area contributed by atoms with Gasteiger partial charge in [0.2, 0.25) is 0 Å². The molecule has 1 rings (SSSR count). The Morgan fingerprint density at radius 2 is 1.94 bits per heavy atom. The van der Waals surface area contributed by atoms with Gasteiger partial charge in [-0.25, -0.2) is 0 Å². The van der Waals surface area contributed by atoms with E-state index in [4.69, 9.17) is 32.2 Å². The molecular weight excluding hydrogens is 240 g/mol. The van der Waals surface area contributed by atoms with Crippen LogP contribution in [-0.2, 0) is 9.47 Å². The molecule has 1 aromatic carbocycles. The smallest absolute Gasteiger partial charge is 0.185 e. The number of thiocarbonyl (C=S) groups is 1. The van der Waals surface area contributed by atoms with Gasteiger partial charge in [0.25, 0.3) is 0 Å². The molecule has 5 nitrogen and oxygen atoms in total. The molecular formula is C11H16N2O3S. The Kier molecular flexibility index (Phi) is 5.14. The first-order valence-electron chi connectivity index (χ1n) is 4.92. The highest BCUT2D eigenvalue weighted by atomic mass is 32.1. The minimum Gasteiger partial charge on any atom is -0.497 e. The van der Waals surface area contributed by atoms with Crippen LogP contribution in [0.25, 0.3) is 0 Å². The molecule has 0 saturated heterocycles. The van der Waals surface area contributed by atoms with Gasteiger partial charge in [0, 0.05) is 25.5 Å². The summed E-state index contributed by atoms with van der Waals surface area (Å²) >= 11 is 4.81. The van der Waals surface area contributed by atoms with Gasteiger partial charge in [0.05, 0.1) is 7.11 Å². The summed E-state index contributed by atoms with van der Waals surface area (Å²) in [5, 5.41) is 3.05. The molecule has 17 heavy (non-hydrogen) atoms. The zero-order chi connectivity index (χ0) is 12.8. The highest BCUT2D eigenvalue weighted by Gasteiger charge is 2.15. The molecule has 0 aliphatic heterocycles. The van der Waals surface area contributed by atoms with Crippen molar-refractivity contribution in [3.63, 3.8) is 0 Å². The Labute approximate surface area is 106 Å². The van der Waals surface area contributed by atoms with Gasteiger partial charge in [-0.1, -0.05) is 0 Å². The van der Waals surface area contributed by atoms with Crippen LogP contribution in [0.15, 0.2) is 18.2 Å². The fraction of sp³-hybridized carbons (Fsp3) is 0.364. The van der Waals surface area contributed by atoms with Crippen molar-refractivity contribution in [1.82, 2.24) is 0 Å². The van der Waals surface area contributed by atoms with Crippen LogP contribution in [0, 0.1) is 0 Å². The predicted molar refractivity (Wildman–Crippen MR) is 70.2 cm³/mol. The zero-order valence-corrected chi connectivity index (χ0v) is 10.8. The third-order valence-electron chi connectivity index (χ3n) is 2.20. The lowest BCUT2D eigenvalue weighted by molar-refractivity contribution is -0.105. The topological polar surface area (TPSA) is 65.7 Å². The lowest BCUT2D eigenvalue weighted by Crippen LogP contribution is -2.21. The molecule has 0 amide bonds. The maximum Gasteiger partial charge on any atom is 0.185 e. The summed E-state index contributed by atoms with van der Waals surface area (Å²) in [5.41, 5.74) is 6.95. The number of ether oxygens (including phenoxy) is 3. The Balaban J connectivity index is 3.14. The van der Waals surface area contributed by atoms with Crippen molar-refractivity contribution in [2.75, 3.05) is 26.6 Å². The van der Waals surface area contributed by atoms with E-state index in [-0.39, 0.29) is 5.11 Å². The van der Waals surface area contributed by atoms with Crippen LogP contribution in [0.2, 0.25) is 0 Å². The van der Waals surface area contributed by atoms with Crippen LogP contribution < -0.4 is 15.8 Å². The maximum absolute atomic E-state index is 5.45. The molecule has 0 saturated carbocycles. The maximum atomic E-state index is 5.45. The normalized spacial score (nSPS) is 10.4. The van der Waals surface area contributed by atoms with Crippen LogP contribution in [0.3, 0.4) is 0 Å². The van der Waals surface area contributed by atoms with E-state index in [1.807, 2.05) is 0 Å². The summed E-state index contributed by atoms with van der Waals surface area (Å²) in [6.07, 6.45) is -0.512. The van der Waals surface area contributed by atoms with E-state index in [0.29, 0.717) is 5.75 Å². The summed E-state index contributed by atoms with van der Waals surface area (Å²) < 4.78 is 15.6. The van der Waals surface area contributed by atoms with E-state index in [1.165, 1.54) is 0 Å². The first-order chi connectivity index (χ1) is 8.12. The summed E-state index contributed by atoms with van der Waals surface area (Å²) in [4.78, 5) is 0. The highest BCUT2D eigenvalue weighted by molar-refractivity contribution is 7.80. The second kappa shape index (κ2) is 6.39. The number of methoxy groups -OCH3 is 3. The number of hydrogen-bond donors (Lipinski definition) is 2. The molecule has 0 radical (unpaired) electrons. The molecule has 6 heteroatoms. The van der Waals surface area contributed by atoms with E-state index < -0.39 is 6.29 Å². The summed E-state index contributed by atoms with van der Waals surface area (Å²) in [6, 6.07) is 5.41. The minimum atomic E-state index is -0.512. The van der Waals surface area contributed by atoms with Crippen LogP contribution in [0.1, 0.15) is 11.9 Å². The minimum absolute atomic E-state index is 0.183. The first-order valence-corrected chi connectivity index (χ1v) is 5.33. The molecule has 0 bridgehead atoms. The number of nitrogens with one attached hydrogen (secondary N) is 1. The Hall–Kier alpha value is -1.37. The first kappa shape index (κ1) is 13.7. The molecule has 0 aliphatic rings. The molecule has 0 atom stereocenters. The fourth-order valence-electron chi connectivity index (χ4n) is 1.46. The van der Waals surface area contributed by atoms with Crippen molar-refractivity contribution < 1.29 is 14.2 Å². The summed E-state index contributed by atoms with van der Waals surface area (Å²) in [5.74, 6) is 0.701. The predicted octanol–water partition coefficient (Wildman–Crippen LogP) is 1.64. The number of anilines is 1. The second-order valence-corrected chi connectivity index (χ2v) is 3.69. The van der Waals surface area contributed by atoms with Gasteiger partial charge in [-0.3, -0.25) is 0 Å². The molecule has 0 heterocycles. The van der Waals surface area contributed by atoms with Crippen molar-refractivity contribution >= 4 is 23.0 Å². The van der Waals surface area contributed by atoms with Crippen molar-refractivity contribution in [3.8, 4) is 5.75 Å².